The Morgan fingerprint density at radius 2 is 1.71 bits per heavy atom. The first-order valence-electron chi connectivity index (χ1n) is 13.1. The number of benzene rings is 3. The second-order valence-corrected chi connectivity index (χ2v) is 9.95. The second kappa shape index (κ2) is 11.5. The van der Waals surface area contributed by atoms with Gasteiger partial charge >= 0.3 is 12.3 Å². The summed E-state index contributed by atoms with van der Waals surface area (Å²) in [6.45, 7) is 1.50. The van der Waals surface area contributed by atoms with E-state index in [-0.39, 0.29) is 18.7 Å². The van der Waals surface area contributed by atoms with Crippen molar-refractivity contribution in [2.75, 3.05) is 6.61 Å². The van der Waals surface area contributed by atoms with Crippen molar-refractivity contribution in [1.29, 1.82) is 0 Å². The fourth-order valence-electron chi connectivity index (χ4n) is 5.21. The standard InChI is InChI=1S/C31H28F3N3O4/c1-20(28(38)35-18-22-11-8-14-24(17-22)31(32,33)34)36-25(16-15-21-9-4-2-5-10-21)27(29(36)39)37-26(19-41-30(37)40)23-12-6-3-7-13-23/h2-17,20,25-27H,18-19H2,1H3,(H,35,38)/b16-15+/t20-,25?,26?,27-/m0/s1. The quantitative estimate of drug-likeness (QED) is 0.383. The number of hydrogen-bond acceptors (Lipinski definition) is 4. The van der Waals surface area contributed by atoms with E-state index in [1.807, 2.05) is 66.7 Å². The van der Waals surface area contributed by atoms with Gasteiger partial charge in [-0.25, -0.2) is 4.79 Å². The maximum atomic E-state index is 13.6. The molecule has 0 radical (unpaired) electrons. The number of β-lactam (4-membered cyclic amide) rings is 1. The average Bonchev–Trinajstić information content (AvgIpc) is 3.34. The second-order valence-electron chi connectivity index (χ2n) is 9.95. The first kappa shape index (κ1) is 27.9. The number of carbonyl (C=O) groups excluding carboxylic acids is 3. The summed E-state index contributed by atoms with van der Waals surface area (Å²) in [5.74, 6) is -0.954. The normalized spacial score (nSPS) is 21.5. The molecular formula is C31H28F3N3O4. The third kappa shape index (κ3) is 5.82. The summed E-state index contributed by atoms with van der Waals surface area (Å²) < 4.78 is 44.6. The van der Waals surface area contributed by atoms with Gasteiger partial charge in [-0.15, -0.1) is 0 Å². The summed E-state index contributed by atoms with van der Waals surface area (Å²) in [5.41, 5.74) is 1.16. The summed E-state index contributed by atoms with van der Waals surface area (Å²) in [6.07, 6.45) is -1.51. The fourth-order valence-corrected chi connectivity index (χ4v) is 5.21. The Hall–Kier alpha value is -4.60. The van der Waals surface area contributed by atoms with Crippen molar-refractivity contribution in [1.82, 2.24) is 15.1 Å². The van der Waals surface area contributed by atoms with E-state index in [0.29, 0.717) is 0 Å². The van der Waals surface area contributed by atoms with Crippen molar-refractivity contribution >= 4 is 24.0 Å². The number of nitrogens with zero attached hydrogens (tertiary/aromatic N) is 2. The topological polar surface area (TPSA) is 79.0 Å². The highest BCUT2D eigenvalue weighted by molar-refractivity contribution is 5.98. The number of amides is 3. The number of hydrogen-bond donors (Lipinski definition) is 1. The molecule has 2 fully saturated rings. The highest BCUT2D eigenvalue weighted by Gasteiger charge is 2.57. The monoisotopic (exact) mass is 563 g/mol. The molecule has 3 aromatic carbocycles. The van der Waals surface area contributed by atoms with Gasteiger partial charge in [0.05, 0.1) is 17.6 Å². The lowest BCUT2D eigenvalue weighted by atomic mass is 9.88. The highest BCUT2D eigenvalue weighted by Crippen LogP contribution is 2.38. The van der Waals surface area contributed by atoms with E-state index in [9.17, 15) is 27.6 Å². The van der Waals surface area contributed by atoms with Crippen LogP contribution in [0.15, 0.2) is 91.0 Å². The molecule has 5 rings (SSSR count). The summed E-state index contributed by atoms with van der Waals surface area (Å²) in [5, 5.41) is 2.64. The molecule has 0 spiro atoms. The van der Waals surface area contributed by atoms with Crippen molar-refractivity contribution in [3.63, 3.8) is 0 Å². The van der Waals surface area contributed by atoms with Crippen molar-refractivity contribution < 1.29 is 32.3 Å². The minimum Gasteiger partial charge on any atom is -0.447 e. The van der Waals surface area contributed by atoms with Crippen LogP contribution < -0.4 is 5.32 Å². The number of halogens is 3. The maximum absolute atomic E-state index is 13.6. The molecule has 0 bridgehead atoms. The van der Waals surface area contributed by atoms with Crippen LogP contribution in [0.1, 0.15) is 35.2 Å². The molecule has 10 heteroatoms. The molecule has 2 unspecified atom stereocenters. The van der Waals surface area contributed by atoms with Crippen LogP contribution in [0.5, 0.6) is 0 Å². The van der Waals surface area contributed by atoms with E-state index < -0.39 is 53.8 Å². The predicted octanol–water partition coefficient (Wildman–Crippen LogP) is 5.20. The lowest BCUT2D eigenvalue weighted by Crippen LogP contribution is -2.73. The van der Waals surface area contributed by atoms with E-state index in [1.54, 1.807) is 13.0 Å². The molecule has 2 aliphatic rings. The van der Waals surface area contributed by atoms with Crippen LogP contribution in [0.4, 0.5) is 18.0 Å². The Labute approximate surface area is 235 Å². The number of cyclic esters (lactones) is 1. The van der Waals surface area contributed by atoms with E-state index in [1.165, 1.54) is 21.9 Å². The van der Waals surface area contributed by atoms with Crippen LogP contribution in [0.3, 0.4) is 0 Å². The molecule has 0 aromatic heterocycles. The van der Waals surface area contributed by atoms with Gasteiger partial charge in [-0.05, 0) is 35.7 Å². The molecule has 2 saturated heterocycles. The van der Waals surface area contributed by atoms with Gasteiger partial charge in [0.1, 0.15) is 18.7 Å². The molecule has 3 amide bonds. The molecular weight excluding hydrogens is 535 g/mol. The van der Waals surface area contributed by atoms with Crippen LogP contribution in [-0.2, 0) is 27.0 Å². The van der Waals surface area contributed by atoms with Gasteiger partial charge in [-0.3, -0.25) is 14.5 Å². The Morgan fingerprint density at radius 1 is 1.02 bits per heavy atom. The van der Waals surface area contributed by atoms with Gasteiger partial charge in [0.15, 0.2) is 0 Å². The van der Waals surface area contributed by atoms with Gasteiger partial charge < -0.3 is 15.0 Å². The Bertz CT molecular complexity index is 1450. The number of nitrogens with one attached hydrogen (secondary N) is 1. The van der Waals surface area contributed by atoms with Crippen LogP contribution >= 0.6 is 0 Å². The van der Waals surface area contributed by atoms with Crippen molar-refractivity contribution in [2.24, 2.45) is 0 Å². The third-order valence-corrected chi connectivity index (χ3v) is 7.35. The molecule has 2 aliphatic heterocycles. The first-order valence-corrected chi connectivity index (χ1v) is 13.1. The average molecular weight is 564 g/mol. The van der Waals surface area contributed by atoms with E-state index in [4.69, 9.17) is 4.74 Å². The molecule has 1 N–H and O–H groups in total. The van der Waals surface area contributed by atoms with Gasteiger partial charge in [-0.2, -0.15) is 13.2 Å². The Kier molecular flexibility index (Phi) is 7.83. The lowest BCUT2D eigenvalue weighted by Gasteiger charge is -2.51. The Balaban J connectivity index is 1.37. The third-order valence-electron chi connectivity index (χ3n) is 7.35. The Morgan fingerprint density at radius 3 is 2.39 bits per heavy atom. The smallest absolute Gasteiger partial charge is 0.416 e. The molecule has 7 nitrogen and oxygen atoms in total. The molecule has 3 aromatic rings. The minimum absolute atomic E-state index is 0.0920. The number of alkyl halides is 3. The van der Waals surface area contributed by atoms with Gasteiger partial charge in [0.2, 0.25) is 11.8 Å². The first-order chi connectivity index (χ1) is 19.6. The van der Waals surface area contributed by atoms with Gasteiger partial charge in [0.25, 0.3) is 0 Å². The largest absolute Gasteiger partial charge is 0.447 e. The molecule has 0 saturated carbocycles. The molecule has 0 aliphatic carbocycles. The number of ether oxygens (including phenoxy) is 1. The zero-order chi connectivity index (χ0) is 29.1. The maximum Gasteiger partial charge on any atom is 0.416 e. The van der Waals surface area contributed by atoms with Gasteiger partial charge in [0, 0.05) is 6.54 Å². The van der Waals surface area contributed by atoms with Gasteiger partial charge in [-0.1, -0.05) is 84.9 Å². The predicted molar refractivity (Wildman–Crippen MR) is 145 cm³/mol. The highest BCUT2D eigenvalue weighted by atomic mass is 19.4. The van der Waals surface area contributed by atoms with Crippen LogP contribution in [0, 0.1) is 0 Å². The molecule has 2 heterocycles. The number of carbonyl (C=O) groups is 3. The SMILES string of the molecule is C[C@@H](C(=O)NCc1cccc(C(F)(F)F)c1)N1C(=O)[C@@H](N2C(=O)OCC2c2ccccc2)C1/C=C/c1ccccc1. The summed E-state index contributed by atoms with van der Waals surface area (Å²) >= 11 is 0. The van der Waals surface area contributed by atoms with Crippen LogP contribution in [0.2, 0.25) is 0 Å². The molecule has 41 heavy (non-hydrogen) atoms. The lowest BCUT2D eigenvalue weighted by molar-refractivity contribution is -0.162. The summed E-state index contributed by atoms with van der Waals surface area (Å²) in [6, 6.07) is 20.4. The van der Waals surface area contributed by atoms with Crippen LogP contribution in [-0.4, -0.2) is 52.4 Å². The van der Waals surface area contributed by atoms with Crippen LogP contribution in [0.25, 0.3) is 6.08 Å². The van der Waals surface area contributed by atoms with Crippen molar-refractivity contribution in [3.05, 3.63) is 113 Å². The van der Waals surface area contributed by atoms with E-state index in [2.05, 4.69) is 5.32 Å². The zero-order valence-electron chi connectivity index (χ0n) is 22.1. The van der Waals surface area contributed by atoms with Crippen molar-refractivity contribution in [3.8, 4) is 0 Å². The minimum atomic E-state index is -4.50. The number of likely N-dealkylation sites (tertiary alicyclic amines) is 1. The summed E-state index contributed by atoms with van der Waals surface area (Å²) in [7, 11) is 0. The molecule has 4 atom stereocenters. The van der Waals surface area contributed by atoms with E-state index >= 15 is 0 Å². The summed E-state index contributed by atoms with van der Waals surface area (Å²) in [4.78, 5) is 42.4. The number of rotatable bonds is 8. The fraction of sp³-hybridized carbons (Fsp3) is 0.258. The van der Waals surface area contributed by atoms with E-state index in [0.717, 1.165) is 23.3 Å². The zero-order valence-corrected chi connectivity index (χ0v) is 22.1. The molecule has 212 valence electrons. The van der Waals surface area contributed by atoms with Crippen molar-refractivity contribution in [2.45, 2.75) is 43.8 Å².